The zero-order valence-electron chi connectivity index (χ0n) is 15.6. The van der Waals surface area contributed by atoms with Crippen molar-refractivity contribution in [2.45, 2.75) is 47.0 Å². The molecule has 1 unspecified atom stereocenters. The van der Waals surface area contributed by atoms with Crippen molar-refractivity contribution < 1.29 is 9.59 Å². The third kappa shape index (κ3) is 5.84. The van der Waals surface area contributed by atoms with Gasteiger partial charge in [0.25, 0.3) is 0 Å². The fourth-order valence-corrected chi connectivity index (χ4v) is 3.13. The summed E-state index contributed by atoms with van der Waals surface area (Å²) in [4.78, 5) is 26.8. The lowest BCUT2D eigenvalue weighted by molar-refractivity contribution is -0.136. The minimum absolute atomic E-state index is 0.0206. The van der Waals surface area contributed by atoms with Crippen LogP contribution in [0, 0.1) is 17.3 Å². The summed E-state index contributed by atoms with van der Waals surface area (Å²) in [6.45, 7) is 10.00. The Labute approximate surface area is 159 Å². The van der Waals surface area contributed by atoms with E-state index >= 15 is 0 Å². The fourth-order valence-electron chi connectivity index (χ4n) is 2.87. The zero-order chi connectivity index (χ0) is 18.6. The molecule has 0 spiro atoms. The molecule has 4 nitrogen and oxygen atoms in total. The van der Waals surface area contributed by atoms with Gasteiger partial charge in [0.2, 0.25) is 11.8 Å². The van der Waals surface area contributed by atoms with Crippen LogP contribution in [0.2, 0.25) is 0 Å². The Hall–Kier alpha value is -1.36. The first-order valence-corrected chi connectivity index (χ1v) is 9.80. The maximum atomic E-state index is 12.5. The van der Waals surface area contributed by atoms with E-state index in [0.29, 0.717) is 25.4 Å². The molecule has 0 aliphatic carbocycles. The minimum Gasteiger partial charge on any atom is -0.343 e. The molecule has 1 fully saturated rings. The molecule has 1 aliphatic rings. The van der Waals surface area contributed by atoms with Crippen LogP contribution in [0.25, 0.3) is 0 Å². The maximum absolute atomic E-state index is 12.5. The summed E-state index contributed by atoms with van der Waals surface area (Å²) >= 11 is 3.39. The molecule has 0 aromatic heterocycles. The number of anilines is 1. The number of amides is 2. The monoisotopic (exact) mass is 408 g/mol. The maximum Gasteiger partial charge on any atom is 0.227 e. The van der Waals surface area contributed by atoms with E-state index in [9.17, 15) is 9.59 Å². The average Bonchev–Trinajstić information content (AvgIpc) is 2.56. The first-order chi connectivity index (χ1) is 11.7. The van der Waals surface area contributed by atoms with Crippen molar-refractivity contribution in [3.05, 3.63) is 28.7 Å². The lowest BCUT2D eigenvalue weighted by Gasteiger charge is -2.34. The van der Waals surface area contributed by atoms with Gasteiger partial charge >= 0.3 is 0 Å². The second kappa shape index (κ2) is 8.35. The summed E-state index contributed by atoms with van der Waals surface area (Å²) in [5, 5.41) is 2.97. The van der Waals surface area contributed by atoms with Crippen LogP contribution < -0.4 is 5.32 Å². The predicted molar refractivity (Wildman–Crippen MR) is 105 cm³/mol. The number of carbonyl (C=O) groups excluding carboxylic acids is 2. The van der Waals surface area contributed by atoms with Gasteiger partial charge in [0.05, 0.1) is 0 Å². The van der Waals surface area contributed by atoms with Gasteiger partial charge in [-0.25, -0.2) is 0 Å². The fraction of sp³-hybridized carbons (Fsp3) is 0.600. The van der Waals surface area contributed by atoms with E-state index in [4.69, 9.17) is 0 Å². The van der Waals surface area contributed by atoms with Crippen LogP contribution >= 0.6 is 15.9 Å². The highest BCUT2D eigenvalue weighted by atomic mass is 79.9. The lowest BCUT2D eigenvalue weighted by Crippen LogP contribution is -2.42. The third-order valence-corrected chi connectivity index (χ3v) is 5.82. The number of benzene rings is 1. The van der Waals surface area contributed by atoms with Gasteiger partial charge < -0.3 is 10.2 Å². The molecule has 25 heavy (non-hydrogen) atoms. The van der Waals surface area contributed by atoms with Crippen LogP contribution in [0.3, 0.4) is 0 Å². The topological polar surface area (TPSA) is 49.4 Å². The van der Waals surface area contributed by atoms with Crippen molar-refractivity contribution in [2.24, 2.45) is 17.3 Å². The Morgan fingerprint density at radius 1 is 1.20 bits per heavy atom. The summed E-state index contributed by atoms with van der Waals surface area (Å²) in [7, 11) is 0. The molecular formula is C20H29BrN2O2. The van der Waals surface area contributed by atoms with Gasteiger partial charge in [0.1, 0.15) is 0 Å². The second-order valence-corrected chi connectivity index (χ2v) is 9.04. The Balaban J connectivity index is 1.81. The first-order valence-electron chi connectivity index (χ1n) is 9.01. The third-order valence-electron chi connectivity index (χ3n) is 5.29. The van der Waals surface area contributed by atoms with Crippen LogP contribution in [0.1, 0.15) is 47.0 Å². The van der Waals surface area contributed by atoms with E-state index in [1.165, 1.54) is 0 Å². The largest absolute Gasteiger partial charge is 0.343 e. The van der Waals surface area contributed by atoms with Gasteiger partial charge in [-0.3, -0.25) is 9.59 Å². The van der Waals surface area contributed by atoms with Gasteiger partial charge in [-0.2, -0.15) is 0 Å². The molecule has 0 bridgehead atoms. The second-order valence-electron chi connectivity index (χ2n) is 8.12. The number of hydrogen-bond donors (Lipinski definition) is 1. The Bertz CT molecular complexity index is 599. The number of likely N-dealkylation sites (tertiary alicyclic amines) is 1. The smallest absolute Gasteiger partial charge is 0.227 e. The molecule has 1 N–H and O–H groups in total. The number of nitrogens with one attached hydrogen (secondary N) is 1. The number of rotatable bonds is 4. The summed E-state index contributed by atoms with van der Waals surface area (Å²) in [5.74, 6) is 0.595. The Morgan fingerprint density at radius 3 is 2.28 bits per heavy atom. The van der Waals surface area contributed by atoms with E-state index in [0.717, 1.165) is 23.0 Å². The van der Waals surface area contributed by atoms with E-state index in [2.05, 4.69) is 48.9 Å². The molecule has 1 saturated heterocycles. The van der Waals surface area contributed by atoms with E-state index < -0.39 is 0 Å². The average molecular weight is 409 g/mol. The molecule has 0 radical (unpaired) electrons. The zero-order valence-corrected chi connectivity index (χ0v) is 17.2. The summed E-state index contributed by atoms with van der Waals surface area (Å²) in [5.41, 5.74) is 0.948. The number of hydrogen-bond acceptors (Lipinski definition) is 2. The lowest BCUT2D eigenvalue weighted by atomic mass is 9.80. The highest BCUT2D eigenvalue weighted by molar-refractivity contribution is 9.10. The number of nitrogens with zero attached hydrogens (tertiary/aromatic N) is 1. The summed E-state index contributed by atoms with van der Waals surface area (Å²) < 4.78 is 0.988. The molecule has 5 heteroatoms. The highest BCUT2D eigenvalue weighted by Gasteiger charge is 2.30. The van der Waals surface area contributed by atoms with Crippen LogP contribution in [-0.2, 0) is 9.59 Å². The van der Waals surface area contributed by atoms with Gasteiger partial charge in [0, 0.05) is 35.6 Å². The normalized spacial score (nSPS) is 17.2. The van der Waals surface area contributed by atoms with E-state index in [-0.39, 0.29) is 23.1 Å². The molecule has 1 aromatic carbocycles. The van der Waals surface area contributed by atoms with Crippen molar-refractivity contribution >= 4 is 33.4 Å². The summed E-state index contributed by atoms with van der Waals surface area (Å²) in [6.07, 6.45) is 2.05. The molecule has 1 heterocycles. The van der Waals surface area contributed by atoms with Crippen molar-refractivity contribution in [1.29, 1.82) is 0 Å². The standard InChI is InChI=1S/C20H29BrN2O2/c1-14(20(2,3)4)13-18(24)23-11-9-15(10-12-23)19(25)22-17-7-5-16(21)6-8-17/h5-8,14-15H,9-13H2,1-4H3,(H,22,25). The van der Waals surface area contributed by atoms with Gasteiger partial charge in [0.15, 0.2) is 0 Å². The van der Waals surface area contributed by atoms with Gasteiger partial charge in [-0.05, 0) is 48.4 Å². The van der Waals surface area contributed by atoms with Crippen molar-refractivity contribution in [3.8, 4) is 0 Å². The summed E-state index contributed by atoms with van der Waals surface area (Å²) in [6, 6.07) is 7.59. The molecule has 1 atom stereocenters. The Kier molecular flexibility index (Phi) is 6.66. The van der Waals surface area contributed by atoms with Gasteiger partial charge in [-0.15, -0.1) is 0 Å². The number of carbonyl (C=O) groups is 2. The van der Waals surface area contributed by atoms with E-state index in [1.54, 1.807) is 0 Å². The minimum atomic E-state index is -0.0206. The first kappa shape index (κ1) is 20.0. The number of halogens is 1. The highest BCUT2D eigenvalue weighted by Crippen LogP contribution is 2.29. The quantitative estimate of drug-likeness (QED) is 0.784. The van der Waals surface area contributed by atoms with Crippen molar-refractivity contribution in [2.75, 3.05) is 18.4 Å². The van der Waals surface area contributed by atoms with E-state index in [1.807, 2.05) is 29.2 Å². The molecule has 2 amide bonds. The van der Waals surface area contributed by atoms with Crippen molar-refractivity contribution in [3.63, 3.8) is 0 Å². The SMILES string of the molecule is CC(CC(=O)N1CCC(C(=O)Nc2ccc(Br)cc2)CC1)C(C)(C)C. The molecule has 2 rings (SSSR count). The van der Waals surface area contributed by atoms with Crippen LogP contribution in [0.5, 0.6) is 0 Å². The predicted octanol–water partition coefficient (Wildman–Crippen LogP) is 4.70. The van der Waals surface area contributed by atoms with Crippen LogP contribution in [0.15, 0.2) is 28.7 Å². The molecular weight excluding hydrogens is 380 g/mol. The van der Waals surface area contributed by atoms with Gasteiger partial charge in [-0.1, -0.05) is 43.6 Å². The molecule has 1 aliphatic heterocycles. The Morgan fingerprint density at radius 2 is 1.76 bits per heavy atom. The molecule has 1 aromatic rings. The van der Waals surface area contributed by atoms with Crippen LogP contribution in [0.4, 0.5) is 5.69 Å². The molecule has 138 valence electrons. The van der Waals surface area contributed by atoms with Crippen LogP contribution in [-0.4, -0.2) is 29.8 Å². The number of piperidine rings is 1. The molecule has 0 saturated carbocycles. The van der Waals surface area contributed by atoms with Crippen molar-refractivity contribution in [1.82, 2.24) is 4.90 Å².